The highest BCUT2D eigenvalue weighted by Crippen LogP contribution is 2.35. The summed E-state index contributed by atoms with van der Waals surface area (Å²) in [4.78, 5) is 0. The zero-order valence-electron chi connectivity index (χ0n) is 19.5. The Labute approximate surface area is 199 Å². The van der Waals surface area contributed by atoms with Crippen LogP contribution in [0.25, 0.3) is 11.1 Å². The molecule has 1 fully saturated rings. The van der Waals surface area contributed by atoms with Crippen LogP contribution in [0.5, 0.6) is 0 Å². The van der Waals surface area contributed by atoms with Gasteiger partial charge in [0.1, 0.15) is 5.82 Å². The van der Waals surface area contributed by atoms with E-state index in [0.717, 1.165) is 16.7 Å². The summed E-state index contributed by atoms with van der Waals surface area (Å²) in [5.74, 6) is -1.85. The van der Waals surface area contributed by atoms with Crippen molar-refractivity contribution < 1.29 is 23.0 Å². The van der Waals surface area contributed by atoms with Gasteiger partial charge in [0.15, 0.2) is 11.6 Å². The number of halogens is 3. The van der Waals surface area contributed by atoms with Crippen molar-refractivity contribution in [3.05, 3.63) is 94.3 Å². The third kappa shape index (κ3) is 5.70. The average molecular weight is 469 g/mol. The molecular weight excluding hydrogens is 437 g/mol. The number of aliphatic hydroxyl groups excluding tert-OH is 1. The van der Waals surface area contributed by atoms with Gasteiger partial charge in [-0.1, -0.05) is 48.5 Å². The summed E-state index contributed by atoms with van der Waals surface area (Å²) in [5.41, 5.74) is 3.83. The van der Waals surface area contributed by atoms with Crippen LogP contribution >= 0.6 is 0 Å². The Morgan fingerprint density at radius 2 is 1.53 bits per heavy atom. The normalized spacial score (nSPS) is 18.3. The molecule has 1 N–H and O–H groups in total. The number of hydrogen-bond donors (Lipinski definition) is 1. The second-order valence-corrected chi connectivity index (χ2v) is 9.10. The molecule has 0 bridgehead atoms. The Morgan fingerprint density at radius 1 is 0.824 bits per heavy atom. The van der Waals surface area contributed by atoms with E-state index in [9.17, 15) is 18.3 Å². The predicted molar refractivity (Wildman–Crippen MR) is 128 cm³/mol. The Bertz CT molecular complexity index is 1100. The summed E-state index contributed by atoms with van der Waals surface area (Å²) in [6, 6.07) is 16.0. The minimum atomic E-state index is -0.769. The van der Waals surface area contributed by atoms with Gasteiger partial charge in [-0.05, 0) is 85.3 Å². The molecule has 180 valence electrons. The van der Waals surface area contributed by atoms with Gasteiger partial charge in [-0.2, -0.15) is 0 Å². The summed E-state index contributed by atoms with van der Waals surface area (Å²) in [6.45, 7) is 2.86. The fourth-order valence-corrected chi connectivity index (χ4v) is 4.73. The summed E-state index contributed by atoms with van der Waals surface area (Å²) >= 11 is 0. The molecule has 0 heterocycles. The van der Waals surface area contributed by atoms with Crippen molar-refractivity contribution in [1.29, 1.82) is 0 Å². The number of ether oxygens (including phenoxy) is 1. The molecule has 0 atom stereocenters. The maximum atomic E-state index is 14.8. The van der Waals surface area contributed by atoms with Crippen molar-refractivity contribution in [3.63, 3.8) is 0 Å². The third-order valence-electron chi connectivity index (χ3n) is 6.78. The molecule has 0 unspecified atom stereocenters. The van der Waals surface area contributed by atoms with Crippen molar-refractivity contribution in [2.75, 3.05) is 6.61 Å². The standard InChI is InChI=1S/C29H31F3O2/c1-2-34-18-20-6-15-25(27(30)17-20)21-7-3-19(4-8-21)5-9-23-12-16-26(29(32)28(23)31)22-10-13-24(33)14-11-22/h3-4,6-8,12,15-17,22,24,33H,2,5,9-11,13-14,18H2,1H3. The SMILES string of the molecule is CCOCc1ccc(-c2ccc(CCc3ccc(C4CCC(O)CC4)c(F)c3F)cc2)c(F)c1. The lowest BCUT2D eigenvalue weighted by Gasteiger charge is -2.26. The molecule has 2 nitrogen and oxygen atoms in total. The number of hydrogen-bond acceptors (Lipinski definition) is 2. The van der Waals surface area contributed by atoms with E-state index >= 15 is 0 Å². The lowest BCUT2D eigenvalue weighted by molar-refractivity contribution is 0.122. The summed E-state index contributed by atoms with van der Waals surface area (Å²) in [6.07, 6.45) is 3.23. The maximum absolute atomic E-state index is 14.8. The Balaban J connectivity index is 1.40. The first kappa shape index (κ1) is 24.5. The summed E-state index contributed by atoms with van der Waals surface area (Å²) in [5, 5.41) is 9.66. The van der Waals surface area contributed by atoms with E-state index in [1.807, 2.05) is 37.3 Å². The minimum Gasteiger partial charge on any atom is -0.393 e. The van der Waals surface area contributed by atoms with Crippen LogP contribution < -0.4 is 0 Å². The van der Waals surface area contributed by atoms with E-state index in [0.29, 0.717) is 68.4 Å². The van der Waals surface area contributed by atoms with E-state index in [1.165, 1.54) is 6.07 Å². The zero-order valence-corrected chi connectivity index (χ0v) is 19.5. The van der Waals surface area contributed by atoms with Crippen molar-refractivity contribution in [2.45, 2.75) is 64.1 Å². The van der Waals surface area contributed by atoms with E-state index < -0.39 is 11.6 Å². The van der Waals surface area contributed by atoms with E-state index in [1.54, 1.807) is 18.2 Å². The van der Waals surface area contributed by atoms with Crippen LogP contribution in [-0.2, 0) is 24.2 Å². The molecule has 4 rings (SSSR count). The minimum absolute atomic E-state index is 0.0341. The smallest absolute Gasteiger partial charge is 0.162 e. The molecule has 0 aromatic heterocycles. The number of benzene rings is 3. The van der Waals surface area contributed by atoms with Gasteiger partial charge in [-0.15, -0.1) is 0 Å². The highest BCUT2D eigenvalue weighted by atomic mass is 19.2. The molecule has 5 heteroatoms. The van der Waals surface area contributed by atoms with Crippen molar-refractivity contribution in [3.8, 4) is 11.1 Å². The average Bonchev–Trinajstić information content (AvgIpc) is 2.85. The van der Waals surface area contributed by atoms with Crippen LogP contribution in [0.2, 0.25) is 0 Å². The predicted octanol–water partition coefficient (Wildman–Crippen LogP) is 7.11. The molecule has 0 spiro atoms. The fraction of sp³-hybridized carbons (Fsp3) is 0.379. The maximum Gasteiger partial charge on any atom is 0.162 e. The van der Waals surface area contributed by atoms with Gasteiger partial charge in [-0.3, -0.25) is 0 Å². The molecule has 34 heavy (non-hydrogen) atoms. The monoisotopic (exact) mass is 468 g/mol. The molecule has 3 aromatic carbocycles. The lowest BCUT2D eigenvalue weighted by atomic mass is 9.82. The van der Waals surface area contributed by atoms with Crippen LogP contribution in [0.1, 0.15) is 60.8 Å². The molecule has 0 radical (unpaired) electrons. The summed E-state index contributed by atoms with van der Waals surface area (Å²) in [7, 11) is 0. The van der Waals surface area contributed by atoms with Crippen molar-refractivity contribution >= 4 is 0 Å². The van der Waals surface area contributed by atoms with Crippen LogP contribution in [-0.4, -0.2) is 17.8 Å². The first-order valence-electron chi connectivity index (χ1n) is 12.1. The largest absolute Gasteiger partial charge is 0.393 e. The molecule has 1 aliphatic rings. The van der Waals surface area contributed by atoms with Gasteiger partial charge >= 0.3 is 0 Å². The number of aliphatic hydroxyl groups is 1. The molecule has 0 amide bonds. The number of aryl methyl sites for hydroxylation is 2. The van der Waals surface area contributed by atoms with Gasteiger partial charge in [0.25, 0.3) is 0 Å². The van der Waals surface area contributed by atoms with Gasteiger partial charge in [0.2, 0.25) is 0 Å². The quantitative estimate of drug-likeness (QED) is 0.382. The van der Waals surface area contributed by atoms with Crippen LogP contribution in [0.3, 0.4) is 0 Å². The Morgan fingerprint density at radius 3 is 2.21 bits per heavy atom. The molecule has 1 saturated carbocycles. The number of rotatable bonds is 8. The topological polar surface area (TPSA) is 29.5 Å². The lowest BCUT2D eigenvalue weighted by Crippen LogP contribution is -2.18. The fourth-order valence-electron chi connectivity index (χ4n) is 4.73. The third-order valence-corrected chi connectivity index (χ3v) is 6.78. The molecule has 0 saturated heterocycles. The van der Waals surface area contributed by atoms with Crippen LogP contribution in [0.4, 0.5) is 13.2 Å². The summed E-state index contributed by atoms with van der Waals surface area (Å²) < 4.78 is 49.4. The zero-order chi connectivity index (χ0) is 24.1. The van der Waals surface area contributed by atoms with E-state index in [4.69, 9.17) is 4.74 Å². The molecule has 3 aromatic rings. The molecule has 0 aliphatic heterocycles. The van der Waals surface area contributed by atoms with E-state index in [2.05, 4.69) is 0 Å². The van der Waals surface area contributed by atoms with Crippen LogP contribution in [0, 0.1) is 17.5 Å². The first-order valence-corrected chi connectivity index (χ1v) is 12.1. The van der Waals surface area contributed by atoms with Gasteiger partial charge in [0, 0.05) is 12.2 Å². The van der Waals surface area contributed by atoms with Crippen molar-refractivity contribution in [1.82, 2.24) is 0 Å². The van der Waals surface area contributed by atoms with Gasteiger partial charge in [0.05, 0.1) is 12.7 Å². The van der Waals surface area contributed by atoms with Gasteiger partial charge in [-0.25, -0.2) is 13.2 Å². The second-order valence-electron chi connectivity index (χ2n) is 9.10. The second kappa shape index (κ2) is 11.2. The Hall–Kier alpha value is -2.63. The van der Waals surface area contributed by atoms with Gasteiger partial charge < -0.3 is 9.84 Å². The highest BCUT2D eigenvalue weighted by molar-refractivity contribution is 5.64. The van der Waals surface area contributed by atoms with Crippen LogP contribution in [0.15, 0.2) is 54.6 Å². The van der Waals surface area contributed by atoms with E-state index in [-0.39, 0.29) is 17.8 Å². The van der Waals surface area contributed by atoms with Crippen molar-refractivity contribution in [2.24, 2.45) is 0 Å². The Kier molecular flexibility index (Phi) is 8.07. The molecule has 1 aliphatic carbocycles. The molecular formula is C29H31F3O2. The highest BCUT2D eigenvalue weighted by Gasteiger charge is 2.25. The first-order chi connectivity index (χ1) is 16.5.